The van der Waals surface area contributed by atoms with E-state index in [0.717, 1.165) is 18.5 Å². The van der Waals surface area contributed by atoms with Crippen LogP contribution in [0.1, 0.15) is 12.0 Å². The van der Waals surface area contributed by atoms with Crippen molar-refractivity contribution in [2.75, 3.05) is 34.4 Å². The van der Waals surface area contributed by atoms with Crippen molar-refractivity contribution in [1.29, 1.82) is 0 Å². The van der Waals surface area contributed by atoms with Gasteiger partial charge in [0, 0.05) is 6.07 Å². The van der Waals surface area contributed by atoms with E-state index >= 15 is 0 Å². The summed E-state index contributed by atoms with van der Waals surface area (Å²) in [6.07, 6.45) is 4.29. The van der Waals surface area contributed by atoms with Crippen LogP contribution in [0.5, 0.6) is 23.0 Å². The maximum absolute atomic E-state index is 5.78. The molecule has 0 atom stereocenters. The summed E-state index contributed by atoms with van der Waals surface area (Å²) in [4.78, 5) is 4.15. The SMILES string of the molecule is CNCCCOc1cncc(OCc2ccc(OC)c(OC)c2)c1. The molecule has 0 aliphatic carbocycles. The van der Waals surface area contributed by atoms with Crippen LogP contribution in [-0.4, -0.2) is 39.4 Å². The lowest BCUT2D eigenvalue weighted by molar-refractivity contribution is 0.289. The first kappa shape index (κ1) is 17.9. The number of hydrogen-bond donors (Lipinski definition) is 1. The molecule has 0 aliphatic heterocycles. The zero-order valence-corrected chi connectivity index (χ0v) is 14.4. The van der Waals surface area contributed by atoms with E-state index in [0.29, 0.717) is 36.2 Å². The molecule has 0 amide bonds. The molecule has 0 radical (unpaired) electrons. The van der Waals surface area contributed by atoms with Gasteiger partial charge < -0.3 is 24.3 Å². The molecule has 130 valence electrons. The lowest BCUT2D eigenvalue weighted by Crippen LogP contribution is -2.11. The monoisotopic (exact) mass is 332 g/mol. The molecule has 1 heterocycles. The number of ether oxygens (including phenoxy) is 4. The van der Waals surface area contributed by atoms with Gasteiger partial charge in [-0.3, -0.25) is 4.98 Å². The fourth-order valence-corrected chi connectivity index (χ4v) is 2.13. The highest BCUT2D eigenvalue weighted by Crippen LogP contribution is 2.28. The van der Waals surface area contributed by atoms with Crippen molar-refractivity contribution >= 4 is 0 Å². The summed E-state index contributed by atoms with van der Waals surface area (Å²) in [7, 11) is 5.15. The molecule has 2 rings (SSSR count). The van der Waals surface area contributed by atoms with E-state index in [1.54, 1.807) is 26.6 Å². The minimum Gasteiger partial charge on any atom is -0.493 e. The van der Waals surface area contributed by atoms with Gasteiger partial charge in [0.1, 0.15) is 18.1 Å². The molecule has 2 aromatic rings. The second kappa shape index (κ2) is 9.62. The Hall–Kier alpha value is -2.47. The summed E-state index contributed by atoms with van der Waals surface area (Å²) >= 11 is 0. The maximum atomic E-state index is 5.78. The standard InChI is InChI=1S/C18H24N2O4/c1-19-7-4-8-23-15-10-16(12-20-11-15)24-13-14-5-6-17(21-2)18(9-14)22-3/h5-6,9-12,19H,4,7-8,13H2,1-3H3. The number of nitrogens with one attached hydrogen (secondary N) is 1. The second-order valence-corrected chi connectivity index (χ2v) is 5.14. The molecule has 0 saturated heterocycles. The van der Waals surface area contributed by atoms with Crippen LogP contribution in [0.2, 0.25) is 0 Å². The number of aromatic nitrogens is 1. The van der Waals surface area contributed by atoms with E-state index in [2.05, 4.69) is 10.3 Å². The largest absolute Gasteiger partial charge is 0.493 e. The zero-order chi connectivity index (χ0) is 17.2. The molecule has 6 heteroatoms. The molecule has 0 bridgehead atoms. The van der Waals surface area contributed by atoms with Crippen molar-refractivity contribution in [2.45, 2.75) is 13.0 Å². The average molecular weight is 332 g/mol. The van der Waals surface area contributed by atoms with Crippen LogP contribution in [0.25, 0.3) is 0 Å². The van der Waals surface area contributed by atoms with Crippen molar-refractivity contribution in [1.82, 2.24) is 10.3 Å². The maximum Gasteiger partial charge on any atom is 0.161 e. The minimum absolute atomic E-state index is 0.408. The van der Waals surface area contributed by atoms with Crippen LogP contribution < -0.4 is 24.3 Å². The van der Waals surface area contributed by atoms with Gasteiger partial charge in [0.25, 0.3) is 0 Å². The third-order valence-electron chi connectivity index (χ3n) is 3.38. The molecular formula is C18H24N2O4. The predicted molar refractivity (Wildman–Crippen MR) is 92.2 cm³/mol. The third kappa shape index (κ3) is 5.31. The fourth-order valence-electron chi connectivity index (χ4n) is 2.13. The highest BCUT2D eigenvalue weighted by molar-refractivity contribution is 5.42. The van der Waals surface area contributed by atoms with Crippen LogP contribution in [0.4, 0.5) is 0 Å². The number of pyridine rings is 1. The van der Waals surface area contributed by atoms with Gasteiger partial charge in [-0.25, -0.2) is 0 Å². The lowest BCUT2D eigenvalue weighted by atomic mass is 10.2. The Bertz CT molecular complexity index is 634. The van der Waals surface area contributed by atoms with Crippen LogP contribution >= 0.6 is 0 Å². The Balaban J connectivity index is 1.92. The zero-order valence-electron chi connectivity index (χ0n) is 14.4. The Labute approximate surface area is 142 Å². The summed E-state index contributed by atoms with van der Waals surface area (Å²) in [5, 5.41) is 3.08. The molecule has 0 aliphatic rings. The summed E-state index contributed by atoms with van der Waals surface area (Å²) in [6, 6.07) is 7.53. The molecule has 1 aromatic carbocycles. The van der Waals surface area contributed by atoms with E-state index < -0.39 is 0 Å². The van der Waals surface area contributed by atoms with Crippen molar-refractivity contribution < 1.29 is 18.9 Å². The smallest absolute Gasteiger partial charge is 0.161 e. The van der Waals surface area contributed by atoms with Gasteiger partial charge in [0.05, 0.1) is 33.2 Å². The van der Waals surface area contributed by atoms with E-state index in [-0.39, 0.29) is 0 Å². The van der Waals surface area contributed by atoms with Gasteiger partial charge in [0.2, 0.25) is 0 Å². The summed E-state index contributed by atoms with van der Waals surface area (Å²) in [6.45, 7) is 1.97. The number of nitrogens with zero attached hydrogens (tertiary/aromatic N) is 1. The van der Waals surface area contributed by atoms with Crippen LogP contribution in [0.3, 0.4) is 0 Å². The Morgan fingerprint density at radius 1 is 0.958 bits per heavy atom. The normalized spacial score (nSPS) is 10.3. The lowest BCUT2D eigenvalue weighted by Gasteiger charge is -2.11. The van der Waals surface area contributed by atoms with Gasteiger partial charge in [-0.05, 0) is 37.7 Å². The third-order valence-corrected chi connectivity index (χ3v) is 3.38. The molecule has 0 saturated carbocycles. The molecule has 0 unspecified atom stereocenters. The molecular weight excluding hydrogens is 308 g/mol. The number of benzene rings is 1. The van der Waals surface area contributed by atoms with Gasteiger partial charge in [-0.15, -0.1) is 0 Å². The number of hydrogen-bond acceptors (Lipinski definition) is 6. The van der Waals surface area contributed by atoms with E-state index in [1.165, 1.54) is 0 Å². The summed E-state index contributed by atoms with van der Waals surface area (Å²) < 4.78 is 22.0. The highest BCUT2D eigenvalue weighted by atomic mass is 16.5. The molecule has 0 fully saturated rings. The summed E-state index contributed by atoms with van der Waals surface area (Å²) in [5.74, 6) is 2.74. The first-order valence-electron chi connectivity index (χ1n) is 7.83. The van der Waals surface area contributed by atoms with Gasteiger partial charge in [-0.1, -0.05) is 6.07 Å². The van der Waals surface area contributed by atoms with Crippen LogP contribution in [0.15, 0.2) is 36.7 Å². The van der Waals surface area contributed by atoms with Crippen molar-refractivity contribution in [2.24, 2.45) is 0 Å². The van der Waals surface area contributed by atoms with Crippen molar-refractivity contribution in [3.8, 4) is 23.0 Å². The van der Waals surface area contributed by atoms with Gasteiger partial charge >= 0.3 is 0 Å². The van der Waals surface area contributed by atoms with Crippen molar-refractivity contribution in [3.05, 3.63) is 42.2 Å². The average Bonchev–Trinajstić information content (AvgIpc) is 2.63. The topological polar surface area (TPSA) is 61.8 Å². The number of rotatable bonds is 10. The minimum atomic E-state index is 0.408. The predicted octanol–water partition coefficient (Wildman–Crippen LogP) is 2.67. The van der Waals surface area contributed by atoms with Gasteiger partial charge in [0.15, 0.2) is 11.5 Å². The van der Waals surface area contributed by atoms with E-state index in [9.17, 15) is 0 Å². The van der Waals surface area contributed by atoms with E-state index in [1.807, 2.05) is 31.3 Å². The molecule has 6 nitrogen and oxygen atoms in total. The Morgan fingerprint density at radius 3 is 2.42 bits per heavy atom. The number of methoxy groups -OCH3 is 2. The van der Waals surface area contributed by atoms with Crippen LogP contribution in [0, 0.1) is 0 Å². The van der Waals surface area contributed by atoms with E-state index in [4.69, 9.17) is 18.9 Å². The second-order valence-electron chi connectivity index (χ2n) is 5.14. The molecule has 1 N–H and O–H groups in total. The highest BCUT2D eigenvalue weighted by Gasteiger charge is 2.06. The molecule has 24 heavy (non-hydrogen) atoms. The fraction of sp³-hybridized carbons (Fsp3) is 0.389. The van der Waals surface area contributed by atoms with Crippen molar-refractivity contribution in [3.63, 3.8) is 0 Å². The first-order chi connectivity index (χ1) is 11.8. The molecule has 0 spiro atoms. The first-order valence-corrected chi connectivity index (χ1v) is 7.83. The Kier molecular flexibility index (Phi) is 7.17. The van der Waals surface area contributed by atoms with Crippen LogP contribution in [-0.2, 0) is 6.61 Å². The Morgan fingerprint density at radius 2 is 1.71 bits per heavy atom. The molecule has 1 aromatic heterocycles. The van der Waals surface area contributed by atoms with Gasteiger partial charge in [-0.2, -0.15) is 0 Å². The summed E-state index contributed by atoms with van der Waals surface area (Å²) in [5.41, 5.74) is 0.980. The quantitative estimate of drug-likeness (QED) is 0.675.